The van der Waals surface area contributed by atoms with E-state index < -0.39 is 6.04 Å². The third kappa shape index (κ3) is 2.86. The van der Waals surface area contributed by atoms with Crippen LogP contribution in [-0.2, 0) is 24.2 Å². The number of aryl methyl sites for hydroxylation is 1. The molecule has 0 aliphatic carbocycles. The number of hydrogen-bond acceptors (Lipinski definition) is 3. The van der Waals surface area contributed by atoms with Gasteiger partial charge in [-0.3, -0.25) is 9.89 Å². The molecule has 1 atom stereocenters. The predicted molar refractivity (Wildman–Crippen MR) is 98.0 cm³/mol. The largest absolute Gasteiger partial charge is 0.337 e. The fraction of sp³-hybridized carbons (Fsp3) is 0.300. The van der Waals surface area contributed by atoms with Crippen molar-refractivity contribution in [2.45, 2.75) is 32.4 Å². The summed E-state index contributed by atoms with van der Waals surface area (Å²) in [5.74, 6) is -0.372. The SMILES string of the molecule is Cc1ccc2c(c1F)CN(C(=O)C(N)Cc1[nH]nc3ccccc13)CC2. The summed E-state index contributed by atoms with van der Waals surface area (Å²) in [6.45, 7) is 2.58. The van der Waals surface area contributed by atoms with E-state index in [-0.39, 0.29) is 18.3 Å². The van der Waals surface area contributed by atoms with Crippen LogP contribution < -0.4 is 5.73 Å². The van der Waals surface area contributed by atoms with Gasteiger partial charge in [0.15, 0.2) is 0 Å². The number of hydrogen-bond donors (Lipinski definition) is 2. The molecule has 1 unspecified atom stereocenters. The van der Waals surface area contributed by atoms with Crippen LogP contribution in [-0.4, -0.2) is 33.6 Å². The highest BCUT2D eigenvalue weighted by atomic mass is 19.1. The molecule has 1 amide bonds. The first-order valence-corrected chi connectivity index (χ1v) is 8.78. The number of fused-ring (bicyclic) bond motifs is 2. The minimum atomic E-state index is -0.687. The molecule has 2 heterocycles. The van der Waals surface area contributed by atoms with Gasteiger partial charge in [0.2, 0.25) is 5.91 Å². The molecular formula is C20H21FN4O. The standard InChI is InChI=1S/C20H21FN4O/c1-12-6-7-13-8-9-25(11-15(13)19(12)21)20(26)16(22)10-18-14-4-2-3-5-17(14)23-24-18/h2-7,16H,8-11,22H2,1H3,(H,23,24). The van der Waals surface area contributed by atoms with Crippen LogP contribution in [0.4, 0.5) is 4.39 Å². The van der Waals surface area contributed by atoms with Crippen molar-refractivity contribution < 1.29 is 9.18 Å². The molecule has 3 N–H and O–H groups in total. The first-order valence-electron chi connectivity index (χ1n) is 8.78. The molecule has 0 fully saturated rings. The molecule has 5 nitrogen and oxygen atoms in total. The van der Waals surface area contributed by atoms with E-state index in [1.807, 2.05) is 30.3 Å². The van der Waals surface area contributed by atoms with Crippen LogP contribution in [0.1, 0.15) is 22.4 Å². The number of H-pyrrole nitrogens is 1. The maximum absolute atomic E-state index is 14.4. The zero-order chi connectivity index (χ0) is 18.3. The van der Waals surface area contributed by atoms with Gasteiger partial charge in [0, 0.05) is 36.2 Å². The first-order chi connectivity index (χ1) is 12.5. The van der Waals surface area contributed by atoms with Crippen LogP contribution in [0, 0.1) is 12.7 Å². The molecule has 1 aromatic heterocycles. The Morgan fingerprint density at radius 1 is 1.35 bits per heavy atom. The lowest BCUT2D eigenvalue weighted by atomic mass is 9.96. The Hall–Kier alpha value is -2.73. The molecule has 0 saturated heterocycles. The van der Waals surface area contributed by atoms with Gasteiger partial charge in [-0.25, -0.2) is 4.39 Å². The number of nitrogens with two attached hydrogens (primary N) is 1. The van der Waals surface area contributed by atoms with Crippen molar-refractivity contribution in [3.63, 3.8) is 0 Å². The van der Waals surface area contributed by atoms with Gasteiger partial charge in [0.25, 0.3) is 0 Å². The average molecular weight is 352 g/mol. The third-order valence-electron chi connectivity index (χ3n) is 5.13. The molecular weight excluding hydrogens is 331 g/mol. The summed E-state index contributed by atoms with van der Waals surface area (Å²) >= 11 is 0. The molecule has 1 aliphatic heterocycles. The van der Waals surface area contributed by atoms with Gasteiger partial charge in [-0.15, -0.1) is 0 Å². The normalized spacial score (nSPS) is 15.1. The molecule has 1 aliphatic rings. The van der Waals surface area contributed by atoms with Gasteiger partial charge in [-0.2, -0.15) is 5.10 Å². The van der Waals surface area contributed by atoms with Gasteiger partial charge < -0.3 is 10.6 Å². The number of carbonyl (C=O) groups is 1. The second-order valence-electron chi connectivity index (χ2n) is 6.87. The lowest BCUT2D eigenvalue weighted by Gasteiger charge is -2.31. The number of aromatic nitrogens is 2. The molecule has 2 aromatic carbocycles. The van der Waals surface area contributed by atoms with E-state index in [1.165, 1.54) is 0 Å². The number of rotatable bonds is 3. The fourth-order valence-corrected chi connectivity index (χ4v) is 3.61. The Kier molecular flexibility index (Phi) is 4.20. The molecule has 4 rings (SSSR count). The monoisotopic (exact) mass is 352 g/mol. The smallest absolute Gasteiger partial charge is 0.240 e. The molecule has 0 bridgehead atoms. The summed E-state index contributed by atoms with van der Waals surface area (Å²) in [7, 11) is 0. The summed E-state index contributed by atoms with van der Waals surface area (Å²) in [6.07, 6.45) is 1.02. The molecule has 6 heteroatoms. The van der Waals surface area contributed by atoms with Gasteiger partial charge in [0.05, 0.1) is 11.6 Å². The maximum atomic E-state index is 14.4. The van der Waals surface area contributed by atoms with Crippen molar-refractivity contribution in [3.8, 4) is 0 Å². The fourth-order valence-electron chi connectivity index (χ4n) is 3.61. The predicted octanol–water partition coefficient (Wildman–Crippen LogP) is 2.47. The van der Waals surface area contributed by atoms with Crippen molar-refractivity contribution in [3.05, 3.63) is 64.6 Å². The van der Waals surface area contributed by atoms with E-state index in [4.69, 9.17) is 5.73 Å². The van der Waals surface area contributed by atoms with Crippen LogP contribution in [0.2, 0.25) is 0 Å². The maximum Gasteiger partial charge on any atom is 0.240 e. The Morgan fingerprint density at radius 2 is 2.15 bits per heavy atom. The number of benzene rings is 2. The van der Waals surface area contributed by atoms with E-state index in [2.05, 4.69) is 10.2 Å². The van der Waals surface area contributed by atoms with Gasteiger partial charge >= 0.3 is 0 Å². The Morgan fingerprint density at radius 3 is 3.00 bits per heavy atom. The Balaban J connectivity index is 1.51. The summed E-state index contributed by atoms with van der Waals surface area (Å²) in [5.41, 5.74) is 10.1. The Bertz CT molecular complexity index is 981. The molecule has 134 valence electrons. The zero-order valence-corrected chi connectivity index (χ0v) is 14.6. The average Bonchev–Trinajstić information content (AvgIpc) is 3.07. The van der Waals surface area contributed by atoms with E-state index in [9.17, 15) is 9.18 Å². The molecule has 26 heavy (non-hydrogen) atoms. The molecule has 0 saturated carbocycles. The van der Waals surface area contributed by atoms with Gasteiger partial charge in [0.1, 0.15) is 5.82 Å². The van der Waals surface area contributed by atoms with Crippen molar-refractivity contribution >= 4 is 16.8 Å². The topological polar surface area (TPSA) is 75.0 Å². The Labute approximate surface area is 151 Å². The second kappa shape index (κ2) is 6.53. The lowest BCUT2D eigenvalue weighted by Crippen LogP contribution is -2.47. The summed E-state index contributed by atoms with van der Waals surface area (Å²) in [4.78, 5) is 14.5. The number of carbonyl (C=O) groups excluding carboxylic acids is 1. The highest BCUT2D eigenvalue weighted by molar-refractivity contribution is 5.85. The zero-order valence-electron chi connectivity index (χ0n) is 14.6. The number of nitrogens with one attached hydrogen (secondary N) is 1. The minimum Gasteiger partial charge on any atom is -0.337 e. The van der Waals surface area contributed by atoms with Crippen molar-refractivity contribution in [1.82, 2.24) is 15.1 Å². The minimum absolute atomic E-state index is 0.157. The molecule has 0 radical (unpaired) electrons. The van der Waals surface area contributed by atoms with E-state index >= 15 is 0 Å². The number of aromatic amines is 1. The summed E-state index contributed by atoms with van der Waals surface area (Å²) in [5, 5.41) is 8.19. The molecule has 0 spiro atoms. The van der Waals surface area contributed by atoms with Crippen LogP contribution in [0.3, 0.4) is 0 Å². The van der Waals surface area contributed by atoms with Gasteiger partial charge in [-0.05, 0) is 30.5 Å². The van der Waals surface area contributed by atoms with Crippen LogP contribution in [0.5, 0.6) is 0 Å². The van der Waals surface area contributed by atoms with E-state index in [0.717, 1.165) is 22.2 Å². The number of para-hydroxylation sites is 1. The van der Waals surface area contributed by atoms with Crippen LogP contribution in [0.25, 0.3) is 10.9 Å². The second-order valence-corrected chi connectivity index (χ2v) is 6.87. The quantitative estimate of drug-likeness (QED) is 0.760. The van der Waals surface area contributed by atoms with E-state index in [0.29, 0.717) is 30.5 Å². The van der Waals surface area contributed by atoms with Gasteiger partial charge in [-0.1, -0.05) is 30.3 Å². The van der Waals surface area contributed by atoms with Crippen molar-refractivity contribution in [1.29, 1.82) is 0 Å². The molecule has 3 aromatic rings. The number of halogens is 1. The highest BCUT2D eigenvalue weighted by Crippen LogP contribution is 2.25. The summed E-state index contributed by atoms with van der Waals surface area (Å²) in [6, 6.07) is 10.8. The number of nitrogens with zero attached hydrogens (tertiary/aromatic N) is 2. The third-order valence-corrected chi connectivity index (χ3v) is 5.13. The number of amides is 1. The highest BCUT2D eigenvalue weighted by Gasteiger charge is 2.27. The lowest BCUT2D eigenvalue weighted by molar-refractivity contribution is -0.133. The van der Waals surface area contributed by atoms with Crippen molar-refractivity contribution in [2.75, 3.05) is 6.54 Å². The van der Waals surface area contributed by atoms with Crippen LogP contribution in [0.15, 0.2) is 36.4 Å². The van der Waals surface area contributed by atoms with Crippen molar-refractivity contribution in [2.24, 2.45) is 5.73 Å². The first kappa shape index (κ1) is 16.7. The summed E-state index contributed by atoms with van der Waals surface area (Å²) < 4.78 is 14.4. The van der Waals surface area contributed by atoms with Crippen LogP contribution >= 0.6 is 0 Å². The van der Waals surface area contributed by atoms with E-state index in [1.54, 1.807) is 17.9 Å².